The van der Waals surface area contributed by atoms with Crippen molar-refractivity contribution in [3.05, 3.63) is 94.8 Å². The SMILES string of the molecule is C.CC.CCN1C(=O)[C@@H](CC(=O)c2cnc3c(c2)C[C@@]2(C3)C(=O)Nc3ccccc32)C[C@@H](c2ccccc2)[C@H]1C. The number of nitrogens with one attached hydrogen (secondary N) is 1. The molecule has 3 aromatic rings. The third-order valence-electron chi connectivity index (χ3n) is 8.71. The molecule has 2 amide bonds. The van der Waals surface area contributed by atoms with E-state index >= 15 is 0 Å². The zero-order chi connectivity index (χ0) is 27.7. The first-order valence-corrected chi connectivity index (χ1v) is 14.2. The van der Waals surface area contributed by atoms with Crippen LogP contribution < -0.4 is 5.32 Å². The number of fused-ring (bicyclic) bond motifs is 3. The van der Waals surface area contributed by atoms with Crippen LogP contribution in [0.4, 0.5) is 5.69 Å². The predicted octanol–water partition coefficient (Wildman–Crippen LogP) is 6.35. The minimum Gasteiger partial charge on any atom is -0.339 e. The fraction of sp³-hybridized carbons (Fsp3) is 0.412. The number of rotatable bonds is 5. The molecule has 4 atom stereocenters. The molecule has 1 aliphatic carbocycles. The third kappa shape index (κ3) is 4.85. The fourth-order valence-electron chi connectivity index (χ4n) is 6.73. The molecule has 210 valence electrons. The van der Waals surface area contributed by atoms with Crippen LogP contribution in [0.5, 0.6) is 0 Å². The number of benzene rings is 2. The maximum absolute atomic E-state index is 13.5. The number of Topliss-reactive ketones (excluding diaryl/α,β-unsaturated/α-hetero) is 1. The van der Waals surface area contributed by atoms with Gasteiger partial charge in [-0.25, -0.2) is 0 Å². The average molecular weight is 540 g/mol. The Morgan fingerprint density at radius 2 is 1.75 bits per heavy atom. The summed E-state index contributed by atoms with van der Waals surface area (Å²) in [6, 6.07) is 20.1. The van der Waals surface area contributed by atoms with Gasteiger partial charge in [-0.15, -0.1) is 0 Å². The highest BCUT2D eigenvalue weighted by Gasteiger charge is 2.51. The van der Waals surface area contributed by atoms with E-state index in [1.165, 1.54) is 5.56 Å². The summed E-state index contributed by atoms with van der Waals surface area (Å²) in [5, 5.41) is 3.02. The Kier molecular flexibility index (Phi) is 8.57. The molecule has 2 aromatic carbocycles. The Labute approximate surface area is 238 Å². The first kappa shape index (κ1) is 29.2. The van der Waals surface area contributed by atoms with Gasteiger partial charge in [0.05, 0.1) is 5.41 Å². The number of hydrogen-bond acceptors (Lipinski definition) is 4. The van der Waals surface area contributed by atoms with Crippen molar-refractivity contribution < 1.29 is 14.4 Å². The second-order valence-corrected chi connectivity index (χ2v) is 10.7. The Morgan fingerprint density at radius 1 is 1.05 bits per heavy atom. The molecule has 0 radical (unpaired) electrons. The molecule has 40 heavy (non-hydrogen) atoms. The number of carbonyl (C=O) groups is 3. The number of pyridine rings is 1. The maximum atomic E-state index is 13.5. The van der Waals surface area contributed by atoms with E-state index in [0.29, 0.717) is 31.4 Å². The summed E-state index contributed by atoms with van der Waals surface area (Å²) in [5.74, 6) is -0.184. The van der Waals surface area contributed by atoms with Gasteiger partial charge in [-0.05, 0) is 55.5 Å². The molecule has 0 unspecified atom stereocenters. The number of ketones is 1. The monoisotopic (exact) mass is 539 g/mol. The lowest BCUT2D eigenvalue weighted by Gasteiger charge is -2.42. The number of nitrogens with zero attached hydrogens (tertiary/aromatic N) is 2. The van der Waals surface area contributed by atoms with E-state index in [0.717, 1.165) is 22.5 Å². The zero-order valence-corrected chi connectivity index (χ0v) is 23.2. The van der Waals surface area contributed by atoms with E-state index < -0.39 is 5.41 Å². The first-order valence-electron chi connectivity index (χ1n) is 14.2. The number of para-hydroxylation sites is 1. The molecule has 3 aliphatic rings. The summed E-state index contributed by atoms with van der Waals surface area (Å²) >= 11 is 0. The molecule has 1 spiro atoms. The van der Waals surface area contributed by atoms with E-state index in [-0.39, 0.29) is 49.3 Å². The molecule has 6 rings (SSSR count). The van der Waals surface area contributed by atoms with Gasteiger partial charge in [0.25, 0.3) is 0 Å². The van der Waals surface area contributed by atoms with Crippen molar-refractivity contribution in [3.8, 4) is 0 Å². The molecule has 0 saturated carbocycles. The molecule has 0 bridgehead atoms. The van der Waals surface area contributed by atoms with Crippen LogP contribution in [0.3, 0.4) is 0 Å². The number of likely N-dealkylation sites (tertiary alicyclic amines) is 1. The van der Waals surface area contributed by atoms with Crippen LogP contribution >= 0.6 is 0 Å². The summed E-state index contributed by atoms with van der Waals surface area (Å²) in [7, 11) is 0. The molecule has 1 N–H and O–H groups in total. The lowest BCUT2D eigenvalue weighted by atomic mass is 9.77. The zero-order valence-electron chi connectivity index (χ0n) is 23.2. The summed E-state index contributed by atoms with van der Waals surface area (Å²) < 4.78 is 0. The van der Waals surface area contributed by atoms with Crippen LogP contribution in [0.1, 0.15) is 86.6 Å². The summed E-state index contributed by atoms with van der Waals surface area (Å²) in [6.07, 6.45) is 3.51. The van der Waals surface area contributed by atoms with Crippen LogP contribution in [-0.2, 0) is 27.8 Å². The van der Waals surface area contributed by atoms with Crippen LogP contribution in [0.25, 0.3) is 0 Å². The highest BCUT2D eigenvalue weighted by Crippen LogP contribution is 2.47. The van der Waals surface area contributed by atoms with Crippen LogP contribution in [0.2, 0.25) is 0 Å². The molecular formula is C34H41N3O3. The highest BCUT2D eigenvalue weighted by molar-refractivity contribution is 6.07. The van der Waals surface area contributed by atoms with Crippen molar-refractivity contribution in [1.82, 2.24) is 9.88 Å². The minimum atomic E-state index is -0.659. The van der Waals surface area contributed by atoms with Gasteiger partial charge in [0, 0.05) is 60.4 Å². The van der Waals surface area contributed by atoms with Crippen LogP contribution in [0.15, 0.2) is 66.9 Å². The summed E-state index contributed by atoms with van der Waals surface area (Å²) in [5.41, 5.74) is 4.74. The smallest absolute Gasteiger partial charge is 0.235 e. The molecule has 1 saturated heterocycles. The molecular weight excluding hydrogens is 498 g/mol. The summed E-state index contributed by atoms with van der Waals surface area (Å²) in [4.78, 5) is 46.4. The highest BCUT2D eigenvalue weighted by atomic mass is 16.2. The van der Waals surface area contributed by atoms with E-state index in [9.17, 15) is 14.4 Å². The normalized spacial score (nSPS) is 24.4. The van der Waals surface area contributed by atoms with Gasteiger partial charge in [-0.3, -0.25) is 19.4 Å². The van der Waals surface area contributed by atoms with E-state index in [4.69, 9.17) is 0 Å². The topological polar surface area (TPSA) is 79.4 Å². The van der Waals surface area contributed by atoms with Crippen molar-refractivity contribution in [3.63, 3.8) is 0 Å². The van der Waals surface area contributed by atoms with Gasteiger partial charge >= 0.3 is 0 Å². The Bertz CT molecular complexity index is 1400. The number of anilines is 1. The Hall–Kier alpha value is -3.80. The third-order valence-corrected chi connectivity index (χ3v) is 8.71. The Morgan fingerprint density at radius 3 is 2.48 bits per heavy atom. The van der Waals surface area contributed by atoms with Crippen molar-refractivity contribution in [2.24, 2.45) is 5.92 Å². The van der Waals surface area contributed by atoms with Gasteiger partial charge in [-0.1, -0.05) is 69.8 Å². The van der Waals surface area contributed by atoms with Crippen molar-refractivity contribution in [2.75, 3.05) is 11.9 Å². The van der Waals surface area contributed by atoms with Gasteiger partial charge in [-0.2, -0.15) is 0 Å². The number of hydrogen-bond donors (Lipinski definition) is 1. The van der Waals surface area contributed by atoms with Crippen LogP contribution in [0, 0.1) is 5.92 Å². The summed E-state index contributed by atoms with van der Waals surface area (Å²) in [6.45, 7) is 8.73. The fourth-order valence-corrected chi connectivity index (χ4v) is 6.73. The lowest BCUT2D eigenvalue weighted by molar-refractivity contribution is -0.142. The maximum Gasteiger partial charge on any atom is 0.235 e. The first-order chi connectivity index (χ1) is 18.9. The minimum absolute atomic E-state index is 0. The molecule has 3 heterocycles. The molecule has 1 aromatic heterocycles. The second kappa shape index (κ2) is 11.7. The quantitative estimate of drug-likeness (QED) is 0.384. The number of carbonyl (C=O) groups excluding carboxylic acids is 3. The average Bonchev–Trinajstić information content (AvgIpc) is 3.48. The number of amides is 2. The van der Waals surface area contributed by atoms with Crippen molar-refractivity contribution in [2.45, 2.75) is 78.2 Å². The molecule has 6 heteroatoms. The van der Waals surface area contributed by atoms with E-state index in [1.54, 1.807) is 6.20 Å². The molecule has 2 aliphatic heterocycles. The largest absolute Gasteiger partial charge is 0.339 e. The molecule has 1 fully saturated rings. The van der Waals surface area contributed by atoms with E-state index in [1.807, 2.05) is 74.2 Å². The second-order valence-electron chi connectivity index (χ2n) is 10.7. The van der Waals surface area contributed by atoms with Gasteiger partial charge in [0.2, 0.25) is 11.8 Å². The number of likely N-dealkylation sites (N-methyl/N-ethyl adjacent to an activating group) is 1. The van der Waals surface area contributed by atoms with E-state index in [2.05, 4.69) is 29.4 Å². The van der Waals surface area contributed by atoms with Crippen molar-refractivity contribution >= 4 is 23.3 Å². The van der Waals surface area contributed by atoms with Gasteiger partial charge in [0.15, 0.2) is 5.78 Å². The number of piperidine rings is 1. The molecule has 6 nitrogen and oxygen atoms in total. The Balaban J connectivity index is 0.00000121. The predicted molar refractivity (Wildman–Crippen MR) is 160 cm³/mol. The van der Waals surface area contributed by atoms with Crippen LogP contribution in [-0.4, -0.2) is 40.1 Å². The number of aromatic nitrogens is 1. The van der Waals surface area contributed by atoms with Gasteiger partial charge < -0.3 is 10.2 Å². The lowest BCUT2D eigenvalue weighted by Crippen LogP contribution is -2.50. The van der Waals surface area contributed by atoms with Gasteiger partial charge in [0.1, 0.15) is 0 Å². The standard InChI is InChI=1S/C31H31N3O3.C2H6.CH4/c1-3-34-19(2)24(20-9-5-4-6-10-20)14-21(29(34)36)15-28(35)23-13-22-16-31(17-27(22)32-18-23)25-11-7-8-12-26(25)33-30(31)37;1-2;/h4-13,18-19,21,24H,3,14-17H2,1-2H3,(H,33,37);1-2H3;1H4/t19-,21-,24-,31+;;/m1../s1. The van der Waals surface area contributed by atoms with Crippen molar-refractivity contribution in [1.29, 1.82) is 0 Å².